The van der Waals surface area contributed by atoms with Gasteiger partial charge in [0.1, 0.15) is 5.82 Å². The number of urea groups is 1. The van der Waals surface area contributed by atoms with Crippen LogP contribution in [-0.2, 0) is 6.42 Å². The molecule has 2 amide bonds. The van der Waals surface area contributed by atoms with Crippen LogP contribution in [0.3, 0.4) is 0 Å². The van der Waals surface area contributed by atoms with Crippen LogP contribution in [0.5, 0.6) is 0 Å². The second-order valence-corrected chi connectivity index (χ2v) is 6.55. The summed E-state index contributed by atoms with van der Waals surface area (Å²) in [4.78, 5) is 23.2. The summed E-state index contributed by atoms with van der Waals surface area (Å²) in [5, 5.41) is 3.57. The number of amides is 2. The molecular weight excluding hydrogens is 348 g/mol. The average Bonchev–Trinajstić information content (AvgIpc) is 2.68. The number of nitrogens with zero attached hydrogens (tertiary/aromatic N) is 3. The Hall–Kier alpha value is -2.92. The summed E-state index contributed by atoms with van der Waals surface area (Å²) < 4.78 is 0. The first-order valence-corrected chi connectivity index (χ1v) is 8.83. The van der Waals surface area contributed by atoms with Gasteiger partial charge in [-0.1, -0.05) is 29.8 Å². The molecule has 5 nitrogen and oxygen atoms in total. The summed E-state index contributed by atoms with van der Waals surface area (Å²) in [6, 6.07) is 14.9. The Bertz CT molecular complexity index is 946. The summed E-state index contributed by atoms with van der Waals surface area (Å²) in [6.07, 6.45) is 5.12. The van der Waals surface area contributed by atoms with Crippen molar-refractivity contribution < 1.29 is 4.79 Å². The van der Waals surface area contributed by atoms with Crippen LogP contribution in [0.15, 0.2) is 60.9 Å². The van der Waals surface area contributed by atoms with Crippen LogP contribution >= 0.6 is 11.6 Å². The molecule has 0 saturated carbocycles. The lowest BCUT2D eigenvalue weighted by molar-refractivity contribution is 0.256. The van der Waals surface area contributed by atoms with Crippen molar-refractivity contribution >= 4 is 29.1 Å². The van der Waals surface area contributed by atoms with E-state index in [0.717, 1.165) is 29.7 Å². The maximum absolute atomic E-state index is 12.8. The third-order valence-corrected chi connectivity index (χ3v) is 4.57. The van der Waals surface area contributed by atoms with E-state index in [2.05, 4.69) is 10.3 Å². The molecule has 0 spiro atoms. The molecule has 130 valence electrons. The fraction of sp³-hybridized carbons (Fsp3) is 0.150. The zero-order valence-electron chi connectivity index (χ0n) is 14.0. The smallest absolute Gasteiger partial charge is 0.307 e. The highest BCUT2D eigenvalue weighted by molar-refractivity contribution is 6.30. The topological polar surface area (TPSA) is 58.1 Å². The Kier molecular flexibility index (Phi) is 4.54. The molecule has 0 fully saturated rings. The summed E-state index contributed by atoms with van der Waals surface area (Å²) in [7, 11) is 0. The highest BCUT2D eigenvalue weighted by atomic mass is 35.5. The Morgan fingerprint density at radius 2 is 1.96 bits per heavy atom. The van der Waals surface area contributed by atoms with Crippen molar-refractivity contribution in [2.24, 2.45) is 0 Å². The largest absolute Gasteiger partial charge is 0.327 e. The molecule has 4 rings (SSSR count). The SMILES string of the molecule is O=C(Nc1ccncc1)N1CCCc2ccc(-c3cccc(Cl)c3)nc21. The van der Waals surface area contributed by atoms with Crippen LogP contribution in [0.4, 0.5) is 16.3 Å². The molecule has 1 N–H and O–H groups in total. The number of pyridine rings is 2. The third kappa shape index (κ3) is 3.39. The highest BCUT2D eigenvalue weighted by Gasteiger charge is 2.24. The number of aryl methyl sites for hydroxylation is 1. The van der Waals surface area contributed by atoms with E-state index in [4.69, 9.17) is 16.6 Å². The molecule has 0 unspecified atom stereocenters. The molecule has 6 heteroatoms. The number of carbonyl (C=O) groups is 1. The van der Waals surface area contributed by atoms with Crippen molar-refractivity contribution in [1.82, 2.24) is 9.97 Å². The Balaban J connectivity index is 1.66. The number of fused-ring (bicyclic) bond motifs is 1. The average molecular weight is 365 g/mol. The molecule has 1 aromatic carbocycles. The predicted octanol–water partition coefficient (Wildman–Crippen LogP) is 4.78. The van der Waals surface area contributed by atoms with Gasteiger partial charge in [0.2, 0.25) is 0 Å². The minimum atomic E-state index is -0.187. The van der Waals surface area contributed by atoms with Gasteiger partial charge in [-0.2, -0.15) is 0 Å². The van der Waals surface area contributed by atoms with Crippen LogP contribution < -0.4 is 10.2 Å². The van der Waals surface area contributed by atoms with Crippen molar-refractivity contribution in [2.75, 3.05) is 16.8 Å². The first-order valence-electron chi connectivity index (χ1n) is 8.45. The normalized spacial score (nSPS) is 13.2. The van der Waals surface area contributed by atoms with E-state index in [9.17, 15) is 4.79 Å². The molecule has 0 aliphatic carbocycles. The van der Waals surface area contributed by atoms with E-state index in [1.807, 2.05) is 36.4 Å². The standard InChI is InChI=1S/C20H17ClN4O/c21-16-5-1-3-15(13-16)18-7-6-14-4-2-12-25(19(14)24-18)20(26)23-17-8-10-22-11-9-17/h1,3,5-11,13H,2,4,12H2,(H,22,23,26). The van der Waals surface area contributed by atoms with Crippen molar-refractivity contribution in [3.8, 4) is 11.3 Å². The molecule has 26 heavy (non-hydrogen) atoms. The Morgan fingerprint density at radius 3 is 2.77 bits per heavy atom. The fourth-order valence-electron chi connectivity index (χ4n) is 3.07. The van der Waals surface area contributed by atoms with E-state index < -0.39 is 0 Å². The molecule has 2 aromatic heterocycles. The van der Waals surface area contributed by atoms with E-state index in [0.29, 0.717) is 23.1 Å². The third-order valence-electron chi connectivity index (χ3n) is 4.34. The van der Waals surface area contributed by atoms with Gasteiger partial charge in [-0.05, 0) is 48.7 Å². The second-order valence-electron chi connectivity index (χ2n) is 6.11. The number of aromatic nitrogens is 2. The number of hydrogen-bond acceptors (Lipinski definition) is 3. The summed E-state index contributed by atoms with van der Waals surface area (Å²) >= 11 is 6.10. The first-order chi connectivity index (χ1) is 12.7. The first kappa shape index (κ1) is 16.5. The number of nitrogens with one attached hydrogen (secondary N) is 1. The van der Waals surface area contributed by atoms with Crippen LogP contribution in [0.1, 0.15) is 12.0 Å². The molecular formula is C20H17ClN4O. The lowest BCUT2D eigenvalue weighted by Crippen LogP contribution is -2.39. The Morgan fingerprint density at radius 1 is 1.12 bits per heavy atom. The lowest BCUT2D eigenvalue weighted by atomic mass is 10.0. The van der Waals surface area contributed by atoms with Gasteiger partial charge in [-0.25, -0.2) is 9.78 Å². The maximum atomic E-state index is 12.8. The number of rotatable bonds is 2. The monoisotopic (exact) mass is 364 g/mol. The molecule has 3 heterocycles. The second kappa shape index (κ2) is 7.14. The molecule has 0 bridgehead atoms. The lowest BCUT2D eigenvalue weighted by Gasteiger charge is -2.28. The summed E-state index contributed by atoms with van der Waals surface area (Å²) in [5.41, 5.74) is 3.52. The zero-order valence-corrected chi connectivity index (χ0v) is 14.8. The van der Waals surface area contributed by atoms with Crippen LogP contribution in [-0.4, -0.2) is 22.5 Å². The summed E-state index contributed by atoms with van der Waals surface area (Å²) in [6.45, 7) is 0.635. The van der Waals surface area contributed by atoms with Crippen LogP contribution in [0.25, 0.3) is 11.3 Å². The quantitative estimate of drug-likeness (QED) is 0.711. The number of anilines is 2. The highest BCUT2D eigenvalue weighted by Crippen LogP contribution is 2.30. The van der Waals surface area contributed by atoms with E-state index in [1.165, 1.54) is 0 Å². The van der Waals surface area contributed by atoms with Gasteiger partial charge in [0.05, 0.1) is 5.69 Å². The van der Waals surface area contributed by atoms with E-state index in [-0.39, 0.29) is 6.03 Å². The van der Waals surface area contributed by atoms with Gasteiger partial charge in [0.25, 0.3) is 0 Å². The molecule has 1 aliphatic heterocycles. The van der Waals surface area contributed by atoms with Crippen molar-refractivity contribution in [2.45, 2.75) is 12.8 Å². The van der Waals surface area contributed by atoms with Gasteiger partial charge >= 0.3 is 6.03 Å². The Labute approximate surface area is 156 Å². The van der Waals surface area contributed by atoms with Gasteiger partial charge in [-0.15, -0.1) is 0 Å². The molecule has 1 aliphatic rings. The molecule has 0 radical (unpaired) electrons. The van der Waals surface area contributed by atoms with E-state index >= 15 is 0 Å². The minimum Gasteiger partial charge on any atom is -0.307 e. The maximum Gasteiger partial charge on any atom is 0.327 e. The van der Waals surface area contributed by atoms with Crippen LogP contribution in [0.2, 0.25) is 5.02 Å². The minimum absolute atomic E-state index is 0.187. The van der Waals surface area contributed by atoms with Crippen molar-refractivity contribution in [3.05, 3.63) is 71.5 Å². The van der Waals surface area contributed by atoms with E-state index in [1.54, 1.807) is 29.4 Å². The van der Waals surface area contributed by atoms with Gasteiger partial charge in [-0.3, -0.25) is 9.88 Å². The predicted molar refractivity (Wildman–Crippen MR) is 104 cm³/mol. The summed E-state index contributed by atoms with van der Waals surface area (Å²) in [5.74, 6) is 0.709. The molecule has 3 aromatic rings. The molecule has 0 atom stereocenters. The number of hydrogen-bond donors (Lipinski definition) is 1. The van der Waals surface area contributed by atoms with Gasteiger partial charge in [0.15, 0.2) is 0 Å². The van der Waals surface area contributed by atoms with Crippen molar-refractivity contribution in [3.63, 3.8) is 0 Å². The van der Waals surface area contributed by atoms with Gasteiger partial charge < -0.3 is 5.32 Å². The number of carbonyl (C=O) groups excluding carboxylic acids is 1. The molecule has 0 saturated heterocycles. The van der Waals surface area contributed by atoms with Crippen LogP contribution in [0, 0.1) is 0 Å². The number of benzene rings is 1. The fourth-order valence-corrected chi connectivity index (χ4v) is 3.26. The number of halogens is 1. The zero-order chi connectivity index (χ0) is 17.9. The van der Waals surface area contributed by atoms with Gasteiger partial charge in [0, 0.05) is 35.2 Å². The van der Waals surface area contributed by atoms with Crippen molar-refractivity contribution in [1.29, 1.82) is 0 Å².